The average molecular weight is 385 g/mol. The van der Waals surface area contributed by atoms with E-state index in [2.05, 4.69) is 26.7 Å². The number of aryl methyl sites for hydroxylation is 1. The Kier molecular flexibility index (Phi) is 4.71. The monoisotopic (exact) mass is 384 g/mol. The molecule has 0 radical (unpaired) electrons. The molecule has 0 bridgehead atoms. The minimum atomic E-state index is -3.68. The van der Waals surface area contributed by atoms with E-state index in [1.165, 1.54) is 11.3 Å². The molecule has 2 aromatic rings. The average Bonchev–Trinajstić information content (AvgIpc) is 2.72. The second-order valence-corrected chi connectivity index (χ2v) is 7.95. The summed E-state index contributed by atoms with van der Waals surface area (Å²) in [4.78, 5) is 1.11. The Labute approximate surface area is 136 Å². The number of nitrogens with zero attached hydrogens (tertiary/aromatic N) is 1. The Hall–Kier alpha value is -1.36. The number of hydrogen-bond acceptors (Lipinski definition) is 4. The molecular weight excluding hydrogens is 372 g/mol. The number of anilines is 1. The quantitative estimate of drug-likeness (QED) is 0.811. The van der Waals surface area contributed by atoms with Crippen LogP contribution in [0.2, 0.25) is 0 Å². The smallest absolute Gasteiger partial charge is 0.262 e. The van der Waals surface area contributed by atoms with Crippen molar-refractivity contribution in [3.63, 3.8) is 0 Å². The summed E-state index contributed by atoms with van der Waals surface area (Å²) in [7, 11) is -3.68. The molecule has 0 aliphatic rings. The van der Waals surface area contributed by atoms with Crippen LogP contribution in [0.25, 0.3) is 0 Å². The maximum absolute atomic E-state index is 12.4. The molecule has 1 N–H and O–H groups in total. The van der Waals surface area contributed by atoms with Crippen molar-refractivity contribution in [2.24, 2.45) is 0 Å². The number of rotatable bonds is 4. The van der Waals surface area contributed by atoms with Crippen molar-refractivity contribution in [1.82, 2.24) is 0 Å². The van der Waals surface area contributed by atoms with E-state index >= 15 is 0 Å². The Bertz CT molecular complexity index is 803. The van der Waals surface area contributed by atoms with Crippen molar-refractivity contribution >= 4 is 42.3 Å². The molecule has 1 heterocycles. The molecule has 1 aromatic heterocycles. The highest BCUT2D eigenvalue weighted by Crippen LogP contribution is 2.33. The second-order valence-electron chi connectivity index (χ2n) is 4.48. The van der Waals surface area contributed by atoms with E-state index in [4.69, 9.17) is 5.26 Å². The van der Waals surface area contributed by atoms with Crippen LogP contribution in [0.1, 0.15) is 21.6 Å². The van der Waals surface area contributed by atoms with Crippen LogP contribution in [-0.2, 0) is 15.4 Å². The topological polar surface area (TPSA) is 70.0 Å². The maximum atomic E-state index is 12.4. The van der Waals surface area contributed by atoms with Gasteiger partial charge in [-0.3, -0.25) is 4.72 Å². The summed E-state index contributed by atoms with van der Waals surface area (Å²) in [6.07, 6.45) is 0. The number of alkyl halides is 1. The predicted molar refractivity (Wildman–Crippen MR) is 88.4 cm³/mol. The molecule has 0 spiro atoms. The molecule has 0 aliphatic heterocycles. The van der Waals surface area contributed by atoms with Gasteiger partial charge < -0.3 is 0 Å². The van der Waals surface area contributed by atoms with E-state index in [9.17, 15) is 8.42 Å². The molecule has 4 nitrogen and oxygen atoms in total. The largest absolute Gasteiger partial charge is 0.269 e. The predicted octanol–water partition coefficient (Wildman–Crippen LogP) is 3.93. The summed E-state index contributed by atoms with van der Waals surface area (Å²) in [6.45, 7) is 3.68. The zero-order valence-corrected chi connectivity index (χ0v) is 14.7. The van der Waals surface area contributed by atoms with Gasteiger partial charge in [-0.05, 0) is 37.1 Å². The highest BCUT2D eigenvalue weighted by atomic mass is 79.9. The lowest BCUT2D eigenvalue weighted by Gasteiger charge is -2.07. The standard InChI is InChI=1S/C14H13BrN2O2S2/c1-9-10(2)20-14(13(9)8-16)17-21(18,19)12-5-3-11(7-15)4-6-12/h3-6,17H,7H2,1-2H3. The maximum Gasteiger partial charge on any atom is 0.262 e. The zero-order chi connectivity index (χ0) is 15.6. The van der Waals surface area contributed by atoms with Crippen LogP contribution in [0.3, 0.4) is 0 Å². The number of nitrogens with one attached hydrogen (secondary N) is 1. The molecule has 0 saturated carbocycles. The normalized spacial score (nSPS) is 11.1. The number of sulfonamides is 1. The van der Waals surface area contributed by atoms with Gasteiger partial charge in [0.05, 0.1) is 10.5 Å². The summed E-state index contributed by atoms with van der Waals surface area (Å²) in [6, 6.07) is 8.66. The van der Waals surface area contributed by atoms with Gasteiger partial charge >= 0.3 is 0 Å². The van der Waals surface area contributed by atoms with Crippen molar-refractivity contribution in [2.75, 3.05) is 4.72 Å². The molecule has 0 atom stereocenters. The lowest BCUT2D eigenvalue weighted by molar-refractivity contribution is 0.601. The minimum absolute atomic E-state index is 0.180. The fourth-order valence-electron chi connectivity index (χ4n) is 1.77. The van der Waals surface area contributed by atoms with E-state index in [1.54, 1.807) is 24.3 Å². The van der Waals surface area contributed by atoms with Crippen LogP contribution in [0.15, 0.2) is 29.2 Å². The third-order valence-corrected chi connectivity index (χ3v) is 6.38. The highest BCUT2D eigenvalue weighted by Gasteiger charge is 2.19. The third kappa shape index (κ3) is 3.28. The van der Waals surface area contributed by atoms with Gasteiger partial charge in [0.15, 0.2) is 0 Å². The molecule has 0 amide bonds. The fourth-order valence-corrected chi connectivity index (χ4v) is 4.46. The number of halogens is 1. The molecule has 0 aliphatic carbocycles. The first-order chi connectivity index (χ1) is 9.89. The first-order valence-corrected chi connectivity index (χ1v) is 9.49. The molecule has 7 heteroatoms. The van der Waals surface area contributed by atoms with Gasteiger partial charge in [-0.2, -0.15) is 5.26 Å². The van der Waals surface area contributed by atoms with Crippen molar-refractivity contribution in [3.05, 3.63) is 45.8 Å². The Morgan fingerprint density at radius 2 is 1.90 bits per heavy atom. The van der Waals surface area contributed by atoms with Crippen LogP contribution in [0.5, 0.6) is 0 Å². The van der Waals surface area contributed by atoms with Crippen LogP contribution in [-0.4, -0.2) is 8.42 Å². The van der Waals surface area contributed by atoms with Gasteiger partial charge in [0.25, 0.3) is 10.0 Å². The molecular formula is C14H13BrN2O2S2. The number of nitriles is 1. The van der Waals surface area contributed by atoms with Gasteiger partial charge in [0.1, 0.15) is 11.1 Å². The third-order valence-electron chi connectivity index (χ3n) is 3.11. The van der Waals surface area contributed by atoms with Gasteiger partial charge in [0, 0.05) is 10.2 Å². The van der Waals surface area contributed by atoms with Gasteiger partial charge in [-0.15, -0.1) is 11.3 Å². The Morgan fingerprint density at radius 3 is 2.43 bits per heavy atom. The number of hydrogen-bond donors (Lipinski definition) is 1. The SMILES string of the molecule is Cc1sc(NS(=O)(=O)c2ccc(CBr)cc2)c(C#N)c1C. The van der Waals surface area contributed by atoms with Crippen LogP contribution >= 0.6 is 27.3 Å². The lowest BCUT2D eigenvalue weighted by atomic mass is 10.2. The summed E-state index contributed by atoms with van der Waals surface area (Å²) >= 11 is 4.59. The van der Waals surface area contributed by atoms with E-state index in [-0.39, 0.29) is 4.90 Å². The van der Waals surface area contributed by atoms with Crippen LogP contribution in [0.4, 0.5) is 5.00 Å². The van der Waals surface area contributed by atoms with Crippen molar-refractivity contribution in [2.45, 2.75) is 24.1 Å². The van der Waals surface area contributed by atoms with Crippen LogP contribution in [0, 0.1) is 25.2 Å². The molecule has 1 aromatic carbocycles. The molecule has 0 saturated heterocycles. The molecule has 0 fully saturated rings. The zero-order valence-electron chi connectivity index (χ0n) is 11.5. The van der Waals surface area contributed by atoms with E-state index in [0.717, 1.165) is 16.0 Å². The first kappa shape index (κ1) is 16.0. The number of benzene rings is 1. The van der Waals surface area contributed by atoms with Gasteiger partial charge in [-0.25, -0.2) is 8.42 Å². The molecule has 21 heavy (non-hydrogen) atoms. The summed E-state index contributed by atoms with van der Waals surface area (Å²) < 4.78 is 27.2. The van der Waals surface area contributed by atoms with E-state index in [0.29, 0.717) is 15.9 Å². The molecule has 110 valence electrons. The van der Waals surface area contributed by atoms with E-state index in [1.807, 2.05) is 13.8 Å². The van der Waals surface area contributed by atoms with Crippen molar-refractivity contribution in [3.8, 4) is 6.07 Å². The Balaban J connectivity index is 2.37. The van der Waals surface area contributed by atoms with Gasteiger partial charge in [-0.1, -0.05) is 28.1 Å². The van der Waals surface area contributed by atoms with Crippen LogP contribution < -0.4 is 4.72 Å². The summed E-state index contributed by atoms with van der Waals surface area (Å²) in [5, 5.41) is 10.2. The van der Waals surface area contributed by atoms with Gasteiger partial charge in [0.2, 0.25) is 0 Å². The van der Waals surface area contributed by atoms with Crippen molar-refractivity contribution < 1.29 is 8.42 Å². The summed E-state index contributed by atoms with van der Waals surface area (Å²) in [5.74, 6) is 0. The van der Waals surface area contributed by atoms with Crippen molar-refractivity contribution in [1.29, 1.82) is 5.26 Å². The lowest BCUT2D eigenvalue weighted by Crippen LogP contribution is -2.12. The Morgan fingerprint density at radius 1 is 1.29 bits per heavy atom. The van der Waals surface area contributed by atoms with E-state index < -0.39 is 10.0 Å². The fraction of sp³-hybridized carbons (Fsp3) is 0.214. The number of thiophene rings is 1. The molecule has 2 rings (SSSR count). The molecule has 0 unspecified atom stereocenters. The first-order valence-electron chi connectivity index (χ1n) is 6.07. The highest BCUT2D eigenvalue weighted by molar-refractivity contribution is 9.08. The summed E-state index contributed by atoms with van der Waals surface area (Å²) in [5.41, 5.74) is 2.20. The second kappa shape index (κ2) is 6.18. The minimum Gasteiger partial charge on any atom is -0.269 e.